The molecule has 0 aliphatic heterocycles. The van der Waals surface area contributed by atoms with Crippen LogP contribution in [0.4, 0.5) is 38.0 Å². The number of aromatic amines is 2. The third-order valence-electron chi connectivity index (χ3n) is 7.80. The highest BCUT2D eigenvalue weighted by atomic mass is 35.5. The van der Waals surface area contributed by atoms with Crippen molar-refractivity contribution in [3.63, 3.8) is 0 Å². The van der Waals surface area contributed by atoms with E-state index in [4.69, 9.17) is 34.8 Å². The molecule has 7 aromatic rings. The maximum Gasteiger partial charge on any atom is 0.390 e. The topological polar surface area (TPSA) is 81.4 Å². The van der Waals surface area contributed by atoms with Crippen LogP contribution in [-0.4, -0.2) is 33.1 Å². The highest BCUT2D eigenvalue weighted by Gasteiger charge is 2.27. The first-order valence-corrected chi connectivity index (χ1v) is 16.4. The molecule has 0 saturated carbocycles. The Kier molecular flexibility index (Phi) is 10.7. The summed E-state index contributed by atoms with van der Waals surface area (Å²) < 4.78 is 79.5. The van der Waals surface area contributed by atoms with Gasteiger partial charge in [-0.05, 0) is 41.0 Å². The molecule has 0 unspecified atom stereocenters. The van der Waals surface area contributed by atoms with Crippen molar-refractivity contribution in [2.75, 3.05) is 17.2 Å². The quantitative estimate of drug-likeness (QED) is 0.116. The number of fused-ring (bicyclic) bond motifs is 2. The van der Waals surface area contributed by atoms with E-state index in [1.165, 1.54) is 12.1 Å². The van der Waals surface area contributed by atoms with Crippen LogP contribution in [0.1, 0.15) is 12.0 Å². The maximum atomic E-state index is 14.7. The minimum atomic E-state index is -4.27. The van der Waals surface area contributed by atoms with Crippen molar-refractivity contribution in [2.24, 2.45) is 0 Å². The fourth-order valence-electron chi connectivity index (χ4n) is 5.27. The number of rotatable bonds is 8. The lowest BCUT2D eigenvalue weighted by molar-refractivity contribution is -0.131. The number of alkyl halides is 3. The molecule has 2 aromatic heterocycles. The number of nitrogens with zero attached hydrogens (tertiary/aromatic N) is 2. The highest BCUT2D eigenvalue weighted by molar-refractivity contribution is 6.35. The SMILES string of the molecule is Fc1c(Cl)c(-c2ccccc2)cc2c(NCCC(F)(F)F)n[nH]c12.Fc1cc(CNc2n[nH]c3c(F)c(Cl)c(-c4ccccc4)cc23)ccc1Cl. The number of hydrogen-bond donors (Lipinski definition) is 4. The van der Waals surface area contributed by atoms with Gasteiger partial charge in [0.05, 0.1) is 21.5 Å². The minimum absolute atomic E-state index is 0.0312. The summed E-state index contributed by atoms with van der Waals surface area (Å²) in [6.07, 6.45) is -5.29. The van der Waals surface area contributed by atoms with Crippen molar-refractivity contribution < 1.29 is 26.3 Å². The van der Waals surface area contributed by atoms with E-state index in [2.05, 4.69) is 31.0 Å². The first kappa shape index (κ1) is 35.9. The van der Waals surface area contributed by atoms with Crippen molar-refractivity contribution in [1.29, 1.82) is 0 Å². The van der Waals surface area contributed by atoms with Gasteiger partial charge in [0.15, 0.2) is 23.3 Å². The lowest BCUT2D eigenvalue weighted by Crippen LogP contribution is -2.14. The van der Waals surface area contributed by atoms with E-state index < -0.39 is 30.0 Å². The van der Waals surface area contributed by atoms with Crippen LogP contribution in [0.3, 0.4) is 0 Å². The van der Waals surface area contributed by atoms with Gasteiger partial charge in [0.25, 0.3) is 0 Å². The first-order valence-electron chi connectivity index (χ1n) is 15.2. The second kappa shape index (κ2) is 15.1. The third-order valence-corrected chi connectivity index (χ3v) is 8.84. The zero-order valence-electron chi connectivity index (χ0n) is 26.1. The average Bonchev–Trinajstić information content (AvgIpc) is 3.73. The van der Waals surface area contributed by atoms with E-state index in [0.29, 0.717) is 45.4 Å². The van der Waals surface area contributed by atoms with Crippen molar-refractivity contribution in [1.82, 2.24) is 20.4 Å². The van der Waals surface area contributed by atoms with E-state index in [9.17, 15) is 26.3 Å². The molecule has 0 atom stereocenters. The molecule has 0 aliphatic carbocycles. The summed E-state index contributed by atoms with van der Waals surface area (Å²) in [5.41, 5.74) is 3.47. The van der Waals surface area contributed by atoms with Crippen LogP contribution in [0.5, 0.6) is 0 Å². The molecule has 0 bridgehead atoms. The number of H-pyrrole nitrogens is 2. The molecule has 15 heteroatoms. The summed E-state index contributed by atoms with van der Waals surface area (Å²) in [6.45, 7) is -0.0483. The Labute approximate surface area is 301 Å². The van der Waals surface area contributed by atoms with Crippen molar-refractivity contribution in [3.05, 3.63) is 129 Å². The van der Waals surface area contributed by atoms with Gasteiger partial charge in [-0.3, -0.25) is 10.2 Å². The number of benzene rings is 5. The Balaban J connectivity index is 0.000000177. The molecule has 7 rings (SSSR count). The predicted molar refractivity (Wildman–Crippen MR) is 191 cm³/mol. The molecule has 0 amide bonds. The number of halogens is 9. The Bertz CT molecular complexity index is 2310. The lowest BCUT2D eigenvalue weighted by Gasteiger charge is -2.09. The van der Waals surface area contributed by atoms with Gasteiger partial charge < -0.3 is 10.6 Å². The Hall–Kier alpha value is -4.91. The van der Waals surface area contributed by atoms with Crippen LogP contribution in [0.2, 0.25) is 15.1 Å². The predicted octanol–water partition coefficient (Wildman–Crippen LogP) is 11.8. The van der Waals surface area contributed by atoms with E-state index in [0.717, 1.165) is 5.56 Å². The first-order chi connectivity index (χ1) is 24.4. The van der Waals surface area contributed by atoms with Gasteiger partial charge in [-0.15, -0.1) is 0 Å². The fraction of sp³-hybridized carbons (Fsp3) is 0.111. The highest BCUT2D eigenvalue weighted by Crippen LogP contribution is 2.38. The summed E-state index contributed by atoms with van der Waals surface area (Å²) in [6, 6.07) is 26.2. The summed E-state index contributed by atoms with van der Waals surface area (Å²) in [5, 5.41) is 19.7. The Morgan fingerprint density at radius 2 is 1.12 bits per heavy atom. The van der Waals surface area contributed by atoms with Crippen LogP contribution < -0.4 is 10.6 Å². The average molecular weight is 762 g/mol. The Morgan fingerprint density at radius 1 is 0.627 bits per heavy atom. The summed E-state index contributed by atoms with van der Waals surface area (Å²) >= 11 is 18.0. The summed E-state index contributed by atoms with van der Waals surface area (Å²) in [4.78, 5) is 0. The second-order valence-electron chi connectivity index (χ2n) is 11.2. The molecule has 0 saturated heterocycles. The van der Waals surface area contributed by atoms with Crippen molar-refractivity contribution in [3.8, 4) is 22.3 Å². The third kappa shape index (κ3) is 8.03. The molecule has 4 N–H and O–H groups in total. The van der Waals surface area contributed by atoms with Gasteiger partial charge in [-0.2, -0.15) is 23.4 Å². The van der Waals surface area contributed by atoms with Gasteiger partial charge in [-0.25, -0.2) is 13.2 Å². The van der Waals surface area contributed by atoms with Crippen LogP contribution in [0.15, 0.2) is 91.0 Å². The molecular formula is C36H25Cl3F6N6. The van der Waals surface area contributed by atoms with Crippen LogP contribution in [-0.2, 0) is 6.54 Å². The molecule has 0 fully saturated rings. The van der Waals surface area contributed by atoms with E-state index in [1.807, 2.05) is 36.4 Å². The molecule has 6 nitrogen and oxygen atoms in total. The smallest absolute Gasteiger partial charge is 0.368 e. The normalized spacial score (nSPS) is 11.5. The zero-order chi connectivity index (χ0) is 36.3. The second-order valence-corrected chi connectivity index (χ2v) is 12.4. The number of aromatic nitrogens is 4. The number of nitrogens with one attached hydrogen (secondary N) is 4. The molecule has 5 aromatic carbocycles. The molecular weight excluding hydrogens is 737 g/mol. The number of anilines is 2. The number of hydrogen-bond acceptors (Lipinski definition) is 4. The van der Waals surface area contributed by atoms with Crippen LogP contribution in [0, 0.1) is 17.5 Å². The van der Waals surface area contributed by atoms with E-state index >= 15 is 0 Å². The molecule has 51 heavy (non-hydrogen) atoms. The van der Waals surface area contributed by atoms with Crippen LogP contribution >= 0.6 is 34.8 Å². The fourth-order valence-corrected chi connectivity index (χ4v) is 5.91. The largest absolute Gasteiger partial charge is 0.390 e. The van der Waals surface area contributed by atoms with E-state index in [-0.39, 0.29) is 38.5 Å². The monoisotopic (exact) mass is 760 g/mol. The molecule has 0 aliphatic rings. The van der Waals surface area contributed by atoms with Gasteiger partial charge in [0.2, 0.25) is 0 Å². The molecule has 2 heterocycles. The minimum Gasteiger partial charge on any atom is -0.368 e. The lowest BCUT2D eigenvalue weighted by atomic mass is 10.0. The summed E-state index contributed by atoms with van der Waals surface area (Å²) in [5.74, 6) is -1.14. The maximum absolute atomic E-state index is 14.7. The van der Waals surface area contributed by atoms with Gasteiger partial charge in [0.1, 0.15) is 16.9 Å². The van der Waals surface area contributed by atoms with Crippen LogP contribution in [0.25, 0.3) is 44.1 Å². The summed E-state index contributed by atoms with van der Waals surface area (Å²) in [7, 11) is 0. The molecule has 0 radical (unpaired) electrons. The Morgan fingerprint density at radius 3 is 1.59 bits per heavy atom. The van der Waals surface area contributed by atoms with Crippen molar-refractivity contribution >= 4 is 68.2 Å². The van der Waals surface area contributed by atoms with Gasteiger partial charge >= 0.3 is 6.18 Å². The van der Waals surface area contributed by atoms with Crippen molar-refractivity contribution in [2.45, 2.75) is 19.1 Å². The molecule has 262 valence electrons. The standard InChI is InChI=1S/C20H13Cl2F2N3.C16H12ClF4N3/c21-15-7-6-11(8-16(15)23)10-25-20-14-9-13(12-4-2-1-3-5-12)17(22)18(24)19(14)26-27-20;17-12-10(9-4-2-1-3-5-9)8-11-14(13(12)18)23-24-15(11)22-7-6-16(19,20)21/h1-9H,10H2,(H2,25,26,27);1-5,8H,6-7H2,(H2,22,23,24). The van der Waals surface area contributed by atoms with Gasteiger partial charge in [-0.1, -0.05) is 102 Å². The molecule has 0 spiro atoms. The van der Waals surface area contributed by atoms with E-state index in [1.54, 1.807) is 42.5 Å². The van der Waals surface area contributed by atoms with Gasteiger partial charge in [0, 0.05) is 35.0 Å². The zero-order valence-corrected chi connectivity index (χ0v) is 28.3.